The zero-order chi connectivity index (χ0) is 14.0. The van der Waals surface area contributed by atoms with Crippen LogP contribution >= 0.6 is 11.6 Å². The molecular formula is C12H11ClO6. The third-order valence-corrected chi connectivity index (χ3v) is 2.90. The monoisotopic (exact) mass is 286 g/mol. The first-order valence-electron chi connectivity index (χ1n) is 5.47. The molecule has 1 aliphatic heterocycles. The van der Waals surface area contributed by atoms with Crippen molar-refractivity contribution in [1.82, 2.24) is 0 Å². The molecule has 0 bridgehead atoms. The highest BCUT2D eigenvalue weighted by atomic mass is 35.5. The lowest BCUT2D eigenvalue weighted by Crippen LogP contribution is -2.22. The van der Waals surface area contributed by atoms with E-state index in [1.54, 1.807) is 0 Å². The molecule has 6 nitrogen and oxygen atoms in total. The minimum Gasteiger partial charge on any atom is -0.493 e. The van der Waals surface area contributed by atoms with Gasteiger partial charge in [-0.05, 0) is 12.1 Å². The van der Waals surface area contributed by atoms with Crippen molar-refractivity contribution in [3.8, 4) is 11.5 Å². The van der Waals surface area contributed by atoms with Gasteiger partial charge >= 0.3 is 11.9 Å². The van der Waals surface area contributed by atoms with Gasteiger partial charge in [0, 0.05) is 6.42 Å². The largest absolute Gasteiger partial charge is 0.493 e. The second-order valence-electron chi connectivity index (χ2n) is 3.86. The van der Waals surface area contributed by atoms with Gasteiger partial charge < -0.3 is 19.3 Å². The van der Waals surface area contributed by atoms with Crippen molar-refractivity contribution < 1.29 is 28.9 Å². The van der Waals surface area contributed by atoms with Crippen molar-refractivity contribution >= 4 is 23.5 Å². The Morgan fingerprint density at radius 3 is 2.79 bits per heavy atom. The summed E-state index contributed by atoms with van der Waals surface area (Å²) in [4.78, 5) is 22.2. The van der Waals surface area contributed by atoms with Gasteiger partial charge in [-0.3, -0.25) is 0 Å². The molecule has 1 aromatic rings. The number of esters is 1. The number of carbonyl (C=O) groups excluding carboxylic acids is 1. The highest BCUT2D eigenvalue weighted by Crippen LogP contribution is 2.37. The van der Waals surface area contributed by atoms with Crippen LogP contribution in [-0.4, -0.2) is 36.9 Å². The Balaban J connectivity index is 2.33. The number of aromatic carboxylic acids is 1. The predicted molar refractivity (Wildman–Crippen MR) is 65.0 cm³/mol. The van der Waals surface area contributed by atoms with Gasteiger partial charge in [0.2, 0.25) is 0 Å². The van der Waals surface area contributed by atoms with Crippen molar-refractivity contribution in [3.05, 3.63) is 22.7 Å². The Kier molecular flexibility index (Phi) is 3.80. The van der Waals surface area contributed by atoms with E-state index in [0.29, 0.717) is 6.42 Å². The van der Waals surface area contributed by atoms with Crippen LogP contribution in [0.2, 0.25) is 5.02 Å². The number of carboxylic acids is 1. The normalized spacial score (nSPS) is 18.0. The van der Waals surface area contributed by atoms with Crippen LogP contribution in [0.5, 0.6) is 11.5 Å². The summed E-state index contributed by atoms with van der Waals surface area (Å²) in [6, 6.07) is 2.52. The highest BCUT2D eigenvalue weighted by molar-refractivity contribution is 6.32. The van der Waals surface area contributed by atoms with Crippen LogP contribution in [0.1, 0.15) is 16.8 Å². The smallest absolute Gasteiger partial charge is 0.347 e. The fourth-order valence-electron chi connectivity index (χ4n) is 1.68. The second-order valence-corrected chi connectivity index (χ2v) is 4.26. The molecule has 7 heteroatoms. The number of carboxylic acid groups (broad SMARTS) is 1. The number of cyclic esters (lactones) is 1. The van der Waals surface area contributed by atoms with Gasteiger partial charge in [-0.1, -0.05) is 11.6 Å². The number of rotatable bonds is 4. The van der Waals surface area contributed by atoms with Crippen LogP contribution in [0.15, 0.2) is 12.1 Å². The predicted octanol–water partition coefficient (Wildman–Crippen LogP) is 1.74. The maximum Gasteiger partial charge on any atom is 0.347 e. The van der Waals surface area contributed by atoms with E-state index in [9.17, 15) is 9.59 Å². The van der Waals surface area contributed by atoms with Gasteiger partial charge in [0.05, 0.1) is 24.3 Å². The van der Waals surface area contributed by atoms with E-state index in [-0.39, 0.29) is 28.7 Å². The Hall–Kier alpha value is -1.95. The van der Waals surface area contributed by atoms with Crippen LogP contribution in [0, 0.1) is 0 Å². The number of ether oxygens (including phenoxy) is 3. The highest BCUT2D eigenvalue weighted by Gasteiger charge is 2.30. The summed E-state index contributed by atoms with van der Waals surface area (Å²) >= 11 is 5.96. The van der Waals surface area contributed by atoms with Gasteiger partial charge in [0.15, 0.2) is 17.6 Å². The van der Waals surface area contributed by atoms with E-state index >= 15 is 0 Å². The van der Waals surface area contributed by atoms with Crippen LogP contribution < -0.4 is 9.47 Å². The summed E-state index contributed by atoms with van der Waals surface area (Å²) < 4.78 is 15.3. The molecule has 0 aliphatic carbocycles. The molecule has 1 fully saturated rings. The van der Waals surface area contributed by atoms with Crippen LogP contribution in [0.4, 0.5) is 0 Å². The Bertz CT molecular complexity index is 527. The van der Waals surface area contributed by atoms with Gasteiger partial charge in [-0.2, -0.15) is 0 Å². The number of methoxy groups -OCH3 is 1. The molecule has 0 radical (unpaired) electrons. The first-order chi connectivity index (χ1) is 9.02. The Labute approximate surface area is 113 Å². The molecule has 102 valence electrons. The number of benzene rings is 1. The van der Waals surface area contributed by atoms with Gasteiger partial charge in [0.25, 0.3) is 0 Å². The van der Waals surface area contributed by atoms with Crippen LogP contribution in [-0.2, 0) is 9.53 Å². The summed E-state index contributed by atoms with van der Waals surface area (Å²) in [5, 5.41) is 8.98. The third kappa shape index (κ3) is 2.73. The average molecular weight is 287 g/mol. The number of halogens is 1. The molecule has 1 atom stereocenters. The summed E-state index contributed by atoms with van der Waals surface area (Å²) in [6.45, 7) is 0.288. The Morgan fingerprint density at radius 2 is 2.26 bits per heavy atom. The Morgan fingerprint density at radius 1 is 1.53 bits per heavy atom. The number of hydrogen-bond acceptors (Lipinski definition) is 5. The molecule has 1 saturated heterocycles. The first kappa shape index (κ1) is 13.5. The number of carbonyl (C=O) groups is 2. The molecule has 1 aliphatic rings. The molecular weight excluding hydrogens is 276 g/mol. The van der Waals surface area contributed by atoms with Crippen molar-refractivity contribution in [2.24, 2.45) is 0 Å². The lowest BCUT2D eigenvalue weighted by Gasteiger charge is -2.15. The van der Waals surface area contributed by atoms with Crippen molar-refractivity contribution in [2.45, 2.75) is 12.5 Å². The van der Waals surface area contributed by atoms with Crippen molar-refractivity contribution in [1.29, 1.82) is 0 Å². The van der Waals surface area contributed by atoms with E-state index in [2.05, 4.69) is 0 Å². The molecule has 1 N–H and O–H groups in total. The maximum atomic E-state index is 11.3. The fourth-order valence-corrected chi connectivity index (χ4v) is 1.94. The van der Waals surface area contributed by atoms with E-state index in [1.165, 1.54) is 19.2 Å². The van der Waals surface area contributed by atoms with Crippen LogP contribution in [0.3, 0.4) is 0 Å². The molecule has 2 rings (SSSR count). The minimum absolute atomic E-state index is 0.0248. The van der Waals surface area contributed by atoms with E-state index in [1.807, 2.05) is 0 Å². The summed E-state index contributed by atoms with van der Waals surface area (Å²) in [5.74, 6) is -1.31. The van der Waals surface area contributed by atoms with Gasteiger partial charge in [-0.15, -0.1) is 0 Å². The number of hydrogen-bond donors (Lipinski definition) is 1. The summed E-state index contributed by atoms with van der Waals surface area (Å²) in [6.07, 6.45) is -0.332. The maximum absolute atomic E-state index is 11.3. The molecule has 19 heavy (non-hydrogen) atoms. The van der Waals surface area contributed by atoms with E-state index < -0.39 is 18.0 Å². The molecule has 1 unspecified atom stereocenters. The second kappa shape index (κ2) is 5.36. The minimum atomic E-state index is -1.13. The lowest BCUT2D eigenvalue weighted by atomic mass is 10.2. The average Bonchev–Trinajstić information content (AvgIpc) is 2.77. The fraction of sp³-hybridized carbons (Fsp3) is 0.333. The standard InChI is InChI=1S/C12H11ClO6/c1-17-9-5-6(11(14)15)4-7(13)10(9)19-8-2-3-18-12(8)16/h4-5,8H,2-3H2,1H3,(H,14,15). The molecule has 1 heterocycles. The van der Waals surface area contributed by atoms with Crippen LogP contribution in [0.25, 0.3) is 0 Å². The summed E-state index contributed by atoms with van der Waals surface area (Å²) in [5.41, 5.74) is -0.0248. The van der Waals surface area contributed by atoms with Crippen molar-refractivity contribution in [2.75, 3.05) is 13.7 Å². The van der Waals surface area contributed by atoms with E-state index in [4.69, 9.17) is 30.9 Å². The first-order valence-corrected chi connectivity index (χ1v) is 5.85. The SMILES string of the molecule is COc1cc(C(=O)O)cc(Cl)c1OC1CCOC1=O. The third-order valence-electron chi connectivity index (χ3n) is 2.62. The van der Waals surface area contributed by atoms with Crippen molar-refractivity contribution in [3.63, 3.8) is 0 Å². The van der Waals surface area contributed by atoms with E-state index in [0.717, 1.165) is 0 Å². The topological polar surface area (TPSA) is 82.1 Å². The molecule has 0 amide bonds. The zero-order valence-electron chi connectivity index (χ0n) is 10.0. The summed E-state index contributed by atoms with van der Waals surface area (Å²) in [7, 11) is 1.36. The van der Waals surface area contributed by atoms with Gasteiger partial charge in [-0.25, -0.2) is 9.59 Å². The molecule has 1 aromatic carbocycles. The lowest BCUT2D eigenvalue weighted by molar-refractivity contribution is -0.143. The quantitative estimate of drug-likeness (QED) is 0.849. The molecule has 0 spiro atoms. The molecule has 0 saturated carbocycles. The van der Waals surface area contributed by atoms with Gasteiger partial charge in [0.1, 0.15) is 0 Å². The zero-order valence-corrected chi connectivity index (χ0v) is 10.8. The molecule has 0 aromatic heterocycles.